The molecular weight excluding hydrogens is 392 g/mol. The van der Waals surface area contributed by atoms with Crippen molar-refractivity contribution >= 4 is 29.2 Å². The van der Waals surface area contributed by atoms with E-state index in [0.29, 0.717) is 37.0 Å². The molecule has 1 atom stereocenters. The minimum atomic E-state index is -0.586. The van der Waals surface area contributed by atoms with E-state index in [2.05, 4.69) is 15.2 Å². The number of piperazine rings is 1. The number of carbonyl (C=O) groups excluding carboxylic acids is 2. The molecule has 1 aliphatic rings. The van der Waals surface area contributed by atoms with Crippen LogP contribution in [0.5, 0.6) is 5.75 Å². The van der Waals surface area contributed by atoms with Crippen LogP contribution < -0.4 is 15.0 Å². The van der Waals surface area contributed by atoms with Crippen LogP contribution in [-0.4, -0.2) is 61.0 Å². The monoisotopic (exact) mass is 416 g/mol. The number of aromatic nitrogens is 1. The van der Waals surface area contributed by atoms with Crippen LogP contribution in [0.1, 0.15) is 12.5 Å². The van der Waals surface area contributed by atoms with Gasteiger partial charge in [-0.1, -0.05) is 23.7 Å². The first-order valence-corrected chi connectivity index (χ1v) is 9.92. The first-order valence-electron chi connectivity index (χ1n) is 9.54. The van der Waals surface area contributed by atoms with Gasteiger partial charge in [0.15, 0.2) is 0 Å². The molecule has 0 bridgehead atoms. The topological polar surface area (TPSA) is 74.8 Å². The van der Waals surface area contributed by atoms with Gasteiger partial charge in [0, 0.05) is 32.4 Å². The van der Waals surface area contributed by atoms with Gasteiger partial charge in [-0.05, 0) is 36.8 Å². The molecule has 2 aromatic rings. The number of hydrogen-bond acceptors (Lipinski definition) is 5. The summed E-state index contributed by atoms with van der Waals surface area (Å²) in [5.41, 5.74) is 0.761. The van der Waals surface area contributed by atoms with E-state index in [1.807, 2.05) is 18.2 Å². The van der Waals surface area contributed by atoms with Gasteiger partial charge in [-0.3, -0.25) is 9.59 Å². The Morgan fingerprint density at radius 2 is 1.97 bits per heavy atom. The van der Waals surface area contributed by atoms with Crippen molar-refractivity contribution in [2.45, 2.75) is 19.4 Å². The summed E-state index contributed by atoms with van der Waals surface area (Å²) in [5.74, 6) is 1.18. The largest absolute Gasteiger partial charge is 0.495 e. The van der Waals surface area contributed by atoms with E-state index in [0.717, 1.165) is 11.4 Å². The van der Waals surface area contributed by atoms with E-state index >= 15 is 0 Å². The molecule has 1 aromatic heterocycles. The summed E-state index contributed by atoms with van der Waals surface area (Å²) >= 11 is 6.10. The van der Waals surface area contributed by atoms with Crippen LogP contribution in [0, 0.1) is 0 Å². The van der Waals surface area contributed by atoms with Crippen molar-refractivity contribution in [1.82, 2.24) is 15.2 Å². The Bertz CT molecular complexity index is 854. The van der Waals surface area contributed by atoms with E-state index in [4.69, 9.17) is 16.3 Å². The van der Waals surface area contributed by atoms with Gasteiger partial charge < -0.3 is 19.9 Å². The number of rotatable bonds is 6. The van der Waals surface area contributed by atoms with Gasteiger partial charge in [-0.25, -0.2) is 4.98 Å². The highest BCUT2D eigenvalue weighted by atomic mass is 35.5. The first-order chi connectivity index (χ1) is 14.0. The second kappa shape index (κ2) is 9.60. The molecule has 154 valence electrons. The van der Waals surface area contributed by atoms with Gasteiger partial charge >= 0.3 is 0 Å². The van der Waals surface area contributed by atoms with Crippen LogP contribution in [-0.2, 0) is 16.0 Å². The van der Waals surface area contributed by atoms with Crippen molar-refractivity contribution in [2.75, 3.05) is 38.2 Å². The Morgan fingerprint density at radius 1 is 1.21 bits per heavy atom. The van der Waals surface area contributed by atoms with Crippen molar-refractivity contribution in [2.24, 2.45) is 0 Å². The van der Waals surface area contributed by atoms with Crippen molar-refractivity contribution in [3.05, 3.63) is 53.2 Å². The summed E-state index contributed by atoms with van der Waals surface area (Å²) < 4.78 is 5.11. The SMILES string of the molecule is COc1ccc(CC(=O)N[C@@H](C)C(=O)N2CCN(c3ccccn3)CC2)cc1Cl. The Balaban J connectivity index is 1.49. The average Bonchev–Trinajstić information content (AvgIpc) is 2.74. The van der Waals surface area contributed by atoms with Gasteiger partial charge in [0.1, 0.15) is 17.6 Å². The number of pyridine rings is 1. The molecule has 2 amide bonds. The lowest BCUT2D eigenvalue weighted by molar-refractivity contribution is -0.136. The quantitative estimate of drug-likeness (QED) is 0.780. The maximum absolute atomic E-state index is 12.7. The predicted molar refractivity (Wildman–Crippen MR) is 112 cm³/mol. The zero-order valence-electron chi connectivity index (χ0n) is 16.6. The molecule has 0 spiro atoms. The van der Waals surface area contributed by atoms with Crippen LogP contribution in [0.4, 0.5) is 5.82 Å². The molecule has 0 saturated carbocycles. The van der Waals surface area contributed by atoms with Crippen LogP contribution in [0.25, 0.3) is 0 Å². The van der Waals surface area contributed by atoms with Gasteiger partial charge in [0.25, 0.3) is 0 Å². The second-order valence-corrected chi connectivity index (χ2v) is 7.34. The molecule has 0 unspecified atom stereocenters. The molecule has 1 fully saturated rings. The molecule has 1 aliphatic heterocycles. The number of nitrogens with one attached hydrogen (secondary N) is 1. The number of methoxy groups -OCH3 is 1. The van der Waals surface area contributed by atoms with E-state index in [1.165, 1.54) is 7.11 Å². The van der Waals surface area contributed by atoms with Crippen molar-refractivity contribution in [3.8, 4) is 5.75 Å². The summed E-state index contributed by atoms with van der Waals surface area (Å²) in [6.45, 7) is 4.35. The fraction of sp³-hybridized carbons (Fsp3) is 0.381. The van der Waals surface area contributed by atoms with Crippen LogP contribution in [0.3, 0.4) is 0 Å². The third-order valence-corrected chi connectivity index (χ3v) is 5.19. The predicted octanol–water partition coefficient (Wildman–Crippen LogP) is 2.14. The highest BCUT2D eigenvalue weighted by Crippen LogP contribution is 2.25. The molecule has 7 nitrogen and oxygen atoms in total. The third kappa shape index (κ3) is 5.38. The fourth-order valence-electron chi connectivity index (χ4n) is 3.33. The Kier molecular flexibility index (Phi) is 6.93. The maximum Gasteiger partial charge on any atom is 0.244 e. The number of hydrogen-bond donors (Lipinski definition) is 1. The standard InChI is InChI=1S/C21H25ClN4O3/c1-15(24-20(27)14-16-6-7-18(29-2)17(22)13-16)21(28)26-11-9-25(10-12-26)19-5-3-4-8-23-19/h3-8,13,15H,9-12,14H2,1-2H3,(H,24,27)/t15-/m0/s1. The smallest absolute Gasteiger partial charge is 0.244 e. The van der Waals surface area contributed by atoms with Crippen LogP contribution in [0.2, 0.25) is 5.02 Å². The number of carbonyl (C=O) groups is 2. The van der Waals surface area contributed by atoms with Gasteiger partial charge in [-0.15, -0.1) is 0 Å². The summed E-state index contributed by atoms with van der Waals surface area (Å²) in [6.07, 6.45) is 1.91. The van der Waals surface area contributed by atoms with Crippen LogP contribution >= 0.6 is 11.6 Å². The second-order valence-electron chi connectivity index (χ2n) is 6.94. The minimum Gasteiger partial charge on any atom is -0.495 e. The fourth-order valence-corrected chi connectivity index (χ4v) is 3.61. The average molecular weight is 417 g/mol. The lowest BCUT2D eigenvalue weighted by atomic mass is 10.1. The highest BCUT2D eigenvalue weighted by Gasteiger charge is 2.26. The minimum absolute atomic E-state index is 0.0771. The first kappa shape index (κ1) is 20.9. The zero-order valence-corrected chi connectivity index (χ0v) is 17.4. The van der Waals surface area contributed by atoms with E-state index in [9.17, 15) is 9.59 Å². The maximum atomic E-state index is 12.7. The molecule has 1 saturated heterocycles. The molecular formula is C21H25ClN4O3. The molecule has 1 N–H and O–H groups in total. The van der Waals surface area contributed by atoms with Crippen molar-refractivity contribution in [3.63, 3.8) is 0 Å². The molecule has 0 aliphatic carbocycles. The van der Waals surface area contributed by atoms with Crippen molar-refractivity contribution in [1.29, 1.82) is 0 Å². The Morgan fingerprint density at radius 3 is 2.59 bits per heavy atom. The van der Waals surface area contributed by atoms with E-state index < -0.39 is 6.04 Å². The van der Waals surface area contributed by atoms with Crippen molar-refractivity contribution < 1.29 is 14.3 Å². The van der Waals surface area contributed by atoms with E-state index in [1.54, 1.807) is 36.2 Å². The summed E-state index contributed by atoms with van der Waals surface area (Å²) in [7, 11) is 1.54. The molecule has 29 heavy (non-hydrogen) atoms. The Labute approximate surface area is 175 Å². The third-order valence-electron chi connectivity index (χ3n) is 4.89. The number of amides is 2. The van der Waals surface area contributed by atoms with E-state index in [-0.39, 0.29) is 18.2 Å². The lowest BCUT2D eigenvalue weighted by Crippen LogP contribution is -2.54. The number of nitrogens with zero attached hydrogens (tertiary/aromatic N) is 3. The molecule has 2 heterocycles. The highest BCUT2D eigenvalue weighted by molar-refractivity contribution is 6.32. The zero-order chi connectivity index (χ0) is 20.8. The van der Waals surface area contributed by atoms with Crippen LogP contribution in [0.15, 0.2) is 42.6 Å². The van der Waals surface area contributed by atoms with Gasteiger partial charge in [0.05, 0.1) is 18.6 Å². The summed E-state index contributed by atoms with van der Waals surface area (Å²) in [4.78, 5) is 33.3. The number of anilines is 1. The number of ether oxygens (including phenoxy) is 1. The summed E-state index contributed by atoms with van der Waals surface area (Å²) in [6, 6.07) is 10.4. The number of benzene rings is 1. The lowest BCUT2D eigenvalue weighted by Gasteiger charge is -2.36. The summed E-state index contributed by atoms with van der Waals surface area (Å²) in [5, 5.41) is 3.24. The number of halogens is 1. The molecule has 3 rings (SSSR count). The van der Waals surface area contributed by atoms with Gasteiger partial charge in [-0.2, -0.15) is 0 Å². The van der Waals surface area contributed by atoms with Gasteiger partial charge in [0.2, 0.25) is 11.8 Å². The molecule has 8 heteroatoms. The molecule has 0 radical (unpaired) electrons. The molecule has 1 aromatic carbocycles. The Hall–Kier alpha value is -2.80. The normalized spacial score (nSPS) is 15.0.